The Morgan fingerprint density at radius 2 is 2.00 bits per heavy atom. The Morgan fingerprint density at radius 3 is 2.78 bits per heavy atom. The van der Waals surface area contributed by atoms with E-state index in [2.05, 4.69) is 15.2 Å². The first-order chi connectivity index (χ1) is 12.1. The predicted octanol–water partition coefficient (Wildman–Crippen LogP) is 4.86. The molecule has 3 heterocycles. The van der Waals surface area contributed by atoms with E-state index in [4.69, 9.17) is 23.2 Å². The van der Waals surface area contributed by atoms with Crippen molar-refractivity contribution in [1.82, 2.24) is 15.2 Å². The van der Waals surface area contributed by atoms with Crippen molar-refractivity contribution in [1.29, 1.82) is 0 Å². The largest absolute Gasteiger partial charge is 0.335 e. The monoisotopic (exact) mass is 467 g/mol. The Morgan fingerprint density at radius 1 is 1.22 bits per heavy atom. The highest BCUT2D eigenvalue weighted by Crippen LogP contribution is 2.33. The fourth-order valence-electron chi connectivity index (χ4n) is 3.81. The molecule has 9 heteroatoms. The maximum atomic E-state index is 12.9. The third-order valence-electron chi connectivity index (χ3n) is 4.99. The molecule has 2 saturated heterocycles. The number of nitrogens with zero attached hydrogens (tertiary/aromatic N) is 2. The van der Waals surface area contributed by atoms with E-state index in [-0.39, 0.29) is 30.7 Å². The number of nitrogens with one attached hydrogen (secondary N) is 1. The van der Waals surface area contributed by atoms with E-state index in [1.54, 1.807) is 12.1 Å². The fraction of sp³-hybridized carbons (Fsp3) is 0.444. The van der Waals surface area contributed by atoms with Gasteiger partial charge in [-0.1, -0.05) is 23.2 Å². The van der Waals surface area contributed by atoms with Crippen LogP contribution in [0.4, 0.5) is 0 Å². The Balaban J connectivity index is 0.00000131. The van der Waals surface area contributed by atoms with E-state index in [9.17, 15) is 4.79 Å². The van der Waals surface area contributed by atoms with Crippen LogP contribution >= 0.6 is 59.4 Å². The lowest BCUT2D eigenvalue weighted by molar-refractivity contribution is -0.133. The van der Waals surface area contributed by atoms with Gasteiger partial charge in [-0.3, -0.25) is 4.79 Å². The predicted molar refractivity (Wildman–Crippen MR) is 117 cm³/mol. The smallest absolute Gasteiger partial charge is 0.229 e. The Hall–Kier alpha value is -0.560. The Kier molecular flexibility index (Phi) is 8.22. The number of aromatic nitrogens is 1. The van der Waals surface area contributed by atoms with Crippen LogP contribution in [-0.2, 0) is 11.2 Å². The van der Waals surface area contributed by atoms with E-state index in [1.165, 1.54) is 11.3 Å². The number of halogens is 4. The summed E-state index contributed by atoms with van der Waals surface area (Å²) < 4.78 is 0. The number of hydrogen-bond donors (Lipinski definition) is 1. The summed E-state index contributed by atoms with van der Waals surface area (Å²) in [5, 5.41) is 7.39. The number of hydrogen-bond acceptors (Lipinski definition) is 4. The van der Waals surface area contributed by atoms with Crippen molar-refractivity contribution in [3.05, 3.63) is 39.3 Å². The highest BCUT2D eigenvalue weighted by Gasteiger charge is 2.37. The third kappa shape index (κ3) is 4.89. The van der Waals surface area contributed by atoms with Gasteiger partial charge in [0.05, 0.1) is 17.1 Å². The van der Waals surface area contributed by atoms with Crippen LogP contribution in [0, 0.1) is 0 Å². The minimum atomic E-state index is 0. The molecular weight excluding hydrogens is 448 g/mol. The SMILES string of the molecule is Cl.Cl.O=C(Cc1csc(-c2ccc(Cl)cc2Cl)n1)N1C2CCNCC1CC2. The lowest BCUT2D eigenvalue weighted by Crippen LogP contribution is -2.43. The average Bonchev–Trinajstić information content (AvgIpc) is 3.10. The molecule has 148 valence electrons. The Bertz CT molecular complexity index is 787. The highest BCUT2D eigenvalue weighted by atomic mass is 35.5. The summed E-state index contributed by atoms with van der Waals surface area (Å²) in [6.07, 6.45) is 3.63. The molecule has 2 atom stereocenters. The van der Waals surface area contributed by atoms with E-state index in [0.717, 1.165) is 48.6 Å². The molecule has 1 aromatic carbocycles. The van der Waals surface area contributed by atoms with Gasteiger partial charge in [-0.05, 0) is 44.0 Å². The third-order valence-corrected chi connectivity index (χ3v) is 6.46. The van der Waals surface area contributed by atoms with Crippen LogP contribution in [0.1, 0.15) is 25.0 Å². The molecule has 2 unspecified atom stereocenters. The molecule has 0 radical (unpaired) electrons. The molecule has 1 N–H and O–H groups in total. The van der Waals surface area contributed by atoms with Gasteiger partial charge < -0.3 is 10.2 Å². The topological polar surface area (TPSA) is 45.2 Å². The zero-order chi connectivity index (χ0) is 17.4. The molecule has 2 aliphatic rings. The number of fused-ring (bicyclic) bond motifs is 2. The first kappa shape index (κ1) is 22.7. The van der Waals surface area contributed by atoms with Gasteiger partial charge in [0.2, 0.25) is 5.91 Å². The second-order valence-corrected chi connectivity index (χ2v) is 8.33. The summed E-state index contributed by atoms with van der Waals surface area (Å²) in [5.41, 5.74) is 1.67. The van der Waals surface area contributed by atoms with Gasteiger partial charge >= 0.3 is 0 Å². The lowest BCUT2D eigenvalue weighted by atomic mass is 10.1. The quantitative estimate of drug-likeness (QED) is 0.699. The van der Waals surface area contributed by atoms with Gasteiger partial charge in [-0.25, -0.2) is 4.98 Å². The number of rotatable bonds is 3. The first-order valence-corrected chi connectivity index (χ1v) is 10.2. The number of amides is 1. The fourth-order valence-corrected chi connectivity index (χ4v) is 5.22. The molecule has 2 fully saturated rings. The zero-order valence-electron chi connectivity index (χ0n) is 14.5. The van der Waals surface area contributed by atoms with Crippen molar-refractivity contribution in [3.8, 4) is 10.6 Å². The van der Waals surface area contributed by atoms with Crippen molar-refractivity contribution in [2.24, 2.45) is 0 Å². The van der Waals surface area contributed by atoms with E-state index in [0.29, 0.717) is 28.5 Å². The number of benzene rings is 1. The molecule has 27 heavy (non-hydrogen) atoms. The van der Waals surface area contributed by atoms with E-state index >= 15 is 0 Å². The summed E-state index contributed by atoms with van der Waals surface area (Å²) >= 11 is 13.7. The number of carbonyl (C=O) groups is 1. The van der Waals surface area contributed by atoms with Gasteiger partial charge in [0.15, 0.2) is 0 Å². The maximum absolute atomic E-state index is 12.9. The molecule has 4 rings (SSSR count). The summed E-state index contributed by atoms with van der Waals surface area (Å²) in [4.78, 5) is 19.6. The van der Waals surface area contributed by atoms with Crippen LogP contribution in [0.25, 0.3) is 10.6 Å². The van der Waals surface area contributed by atoms with Gasteiger partial charge in [0.25, 0.3) is 0 Å². The highest BCUT2D eigenvalue weighted by molar-refractivity contribution is 7.13. The number of thiazole rings is 1. The molecule has 1 amide bonds. The van der Waals surface area contributed by atoms with Gasteiger partial charge in [0, 0.05) is 34.6 Å². The summed E-state index contributed by atoms with van der Waals surface area (Å²) in [6, 6.07) is 6.11. The average molecular weight is 469 g/mol. The van der Waals surface area contributed by atoms with Gasteiger partial charge in [-0.2, -0.15) is 0 Å². The van der Waals surface area contributed by atoms with Crippen LogP contribution in [0.15, 0.2) is 23.6 Å². The second kappa shape index (κ2) is 9.77. The molecule has 1 aromatic heterocycles. The summed E-state index contributed by atoms with van der Waals surface area (Å²) in [7, 11) is 0. The molecule has 0 saturated carbocycles. The van der Waals surface area contributed by atoms with Crippen molar-refractivity contribution < 1.29 is 4.79 Å². The van der Waals surface area contributed by atoms with Crippen molar-refractivity contribution in [3.63, 3.8) is 0 Å². The zero-order valence-corrected chi connectivity index (χ0v) is 18.5. The normalized spacial score (nSPS) is 21.2. The van der Waals surface area contributed by atoms with Crippen molar-refractivity contribution >= 4 is 65.3 Å². The maximum Gasteiger partial charge on any atom is 0.229 e. The van der Waals surface area contributed by atoms with Gasteiger partial charge in [0.1, 0.15) is 5.01 Å². The molecule has 0 aliphatic carbocycles. The van der Waals surface area contributed by atoms with Crippen molar-refractivity contribution in [2.45, 2.75) is 37.8 Å². The van der Waals surface area contributed by atoms with Crippen LogP contribution in [0.3, 0.4) is 0 Å². The minimum absolute atomic E-state index is 0. The Labute approximate surface area is 185 Å². The standard InChI is InChI=1S/C18H19Cl2N3OS.2ClH/c19-11-1-4-15(16(20)7-11)18-22-12(10-25-18)8-17(24)23-13-2-3-14(23)9-21-6-5-13;;/h1,4,7,10,13-14,21H,2-3,5-6,8-9H2;2*1H. The van der Waals surface area contributed by atoms with Crippen LogP contribution < -0.4 is 5.32 Å². The molecule has 2 bridgehead atoms. The van der Waals surface area contributed by atoms with Crippen LogP contribution in [-0.4, -0.2) is 41.0 Å². The van der Waals surface area contributed by atoms with Crippen LogP contribution in [0.5, 0.6) is 0 Å². The second-order valence-electron chi connectivity index (χ2n) is 6.62. The molecule has 0 spiro atoms. The lowest BCUT2D eigenvalue weighted by Gasteiger charge is -2.27. The summed E-state index contributed by atoms with van der Waals surface area (Å²) in [5.74, 6) is 0.190. The minimum Gasteiger partial charge on any atom is -0.335 e. The van der Waals surface area contributed by atoms with E-state index < -0.39 is 0 Å². The molecule has 4 nitrogen and oxygen atoms in total. The first-order valence-electron chi connectivity index (χ1n) is 8.53. The van der Waals surface area contributed by atoms with Gasteiger partial charge in [-0.15, -0.1) is 36.2 Å². The number of carbonyl (C=O) groups excluding carboxylic acids is 1. The van der Waals surface area contributed by atoms with Crippen LogP contribution in [0.2, 0.25) is 10.0 Å². The molecule has 2 aromatic rings. The molecular formula is C18H21Cl4N3OS. The van der Waals surface area contributed by atoms with Crippen molar-refractivity contribution in [2.75, 3.05) is 13.1 Å². The molecule has 2 aliphatic heterocycles. The van der Waals surface area contributed by atoms with E-state index in [1.807, 2.05) is 11.4 Å². The summed E-state index contributed by atoms with van der Waals surface area (Å²) in [6.45, 7) is 1.91.